The summed E-state index contributed by atoms with van der Waals surface area (Å²) >= 11 is 0. The zero-order chi connectivity index (χ0) is 11.5. The number of rotatable bonds is 3. The summed E-state index contributed by atoms with van der Waals surface area (Å²) in [6.07, 6.45) is 8.17. The van der Waals surface area contributed by atoms with Crippen LogP contribution in [0, 0.1) is 0 Å². The molecule has 0 aromatic carbocycles. The van der Waals surface area contributed by atoms with Gasteiger partial charge >= 0.3 is 0 Å². The van der Waals surface area contributed by atoms with Crippen molar-refractivity contribution in [2.75, 3.05) is 26.2 Å². The third-order valence-electron chi connectivity index (χ3n) is 4.09. The van der Waals surface area contributed by atoms with Crippen LogP contribution >= 0.6 is 24.0 Å². The summed E-state index contributed by atoms with van der Waals surface area (Å²) < 4.78 is 0. The normalized spacial score (nSPS) is 28.9. The van der Waals surface area contributed by atoms with Crippen molar-refractivity contribution in [1.82, 2.24) is 15.5 Å². The molecule has 2 N–H and O–H groups in total. The monoisotopic (exact) mass is 364 g/mol. The van der Waals surface area contributed by atoms with Gasteiger partial charge in [-0.1, -0.05) is 6.42 Å². The minimum atomic E-state index is 0. The lowest BCUT2D eigenvalue weighted by Crippen LogP contribution is -2.50. The second-order valence-corrected chi connectivity index (χ2v) is 5.51. The molecule has 4 nitrogen and oxygen atoms in total. The van der Waals surface area contributed by atoms with Gasteiger partial charge in [-0.2, -0.15) is 0 Å². The fraction of sp³-hybridized carbons (Fsp3) is 0.923. The van der Waals surface area contributed by atoms with Crippen molar-refractivity contribution < 1.29 is 0 Å². The minimum Gasteiger partial charge on any atom is -0.356 e. The molecular weight excluding hydrogens is 339 g/mol. The fourth-order valence-corrected chi connectivity index (χ4v) is 2.99. The molecule has 0 spiro atoms. The van der Waals surface area contributed by atoms with Crippen LogP contribution in [0.4, 0.5) is 0 Å². The maximum Gasteiger partial charge on any atom is 0.191 e. The Morgan fingerprint density at radius 2 is 2.11 bits per heavy atom. The van der Waals surface area contributed by atoms with E-state index in [9.17, 15) is 0 Å². The quantitative estimate of drug-likeness (QED) is 0.747. The van der Waals surface area contributed by atoms with E-state index in [-0.39, 0.29) is 24.0 Å². The Kier molecular flexibility index (Phi) is 5.54. The Bertz CT molecular complexity index is 291. The Morgan fingerprint density at radius 1 is 1.22 bits per heavy atom. The molecule has 0 aromatic heterocycles. The van der Waals surface area contributed by atoms with Crippen LogP contribution in [-0.2, 0) is 0 Å². The van der Waals surface area contributed by atoms with Crippen molar-refractivity contribution in [2.24, 2.45) is 4.99 Å². The predicted molar refractivity (Wildman–Crippen MR) is 85.7 cm³/mol. The van der Waals surface area contributed by atoms with E-state index in [1.165, 1.54) is 45.1 Å². The lowest BCUT2D eigenvalue weighted by atomic mass is 10.0. The number of aliphatic imine (C=N–C) groups is 1. The molecule has 3 rings (SSSR count). The highest BCUT2D eigenvalue weighted by molar-refractivity contribution is 14.0. The standard InChI is InChI=1S/C13H24N4.HI/c1-2-9-17(11-5-6-11)12(4-1)10-16-13-14-7-3-8-15-13;/h11-12H,1-10H2,(H2,14,15,16);1H. The largest absolute Gasteiger partial charge is 0.356 e. The second kappa shape index (κ2) is 6.93. The number of halogens is 1. The van der Waals surface area contributed by atoms with Gasteiger partial charge in [0.1, 0.15) is 0 Å². The van der Waals surface area contributed by atoms with Crippen molar-refractivity contribution in [2.45, 2.75) is 50.6 Å². The maximum atomic E-state index is 4.48. The molecule has 1 saturated carbocycles. The molecule has 2 aliphatic heterocycles. The van der Waals surface area contributed by atoms with E-state index in [1.807, 2.05) is 0 Å². The first-order valence-corrected chi connectivity index (χ1v) is 7.21. The third kappa shape index (κ3) is 3.73. The van der Waals surface area contributed by atoms with Crippen molar-refractivity contribution in [3.05, 3.63) is 0 Å². The maximum absolute atomic E-state index is 4.48. The predicted octanol–water partition coefficient (Wildman–Crippen LogP) is 1.56. The number of hydrogen-bond donors (Lipinski definition) is 2. The van der Waals surface area contributed by atoms with E-state index in [0.717, 1.165) is 37.7 Å². The summed E-state index contributed by atoms with van der Waals surface area (Å²) in [5, 5.41) is 6.84. The zero-order valence-corrected chi connectivity index (χ0v) is 13.4. The van der Waals surface area contributed by atoms with Crippen LogP contribution in [0.5, 0.6) is 0 Å². The molecular formula is C13H25IN4. The van der Waals surface area contributed by atoms with Crippen molar-refractivity contribution in [3.8, 4) is 0 Å². The van der Waals surface area contributed by atoms with Crippen LogP contribution in [0.2, 0.25) is 0 Å². The summed E-state index contributed by atoms with van der Waals surface area (Å²) in [4.78, 5) is 7.21. The average molecular weight is 364 g/mol. The van der Waals surface area contributed by atoms with Gasteiger partial charge in [-0.3, -0.25) is 9.89 Å². The Balaban J connectivity index is 0.00000120. The Hall–Kier alpha value is -0.0400. The van der Waals surface area contributed by atoms with Crippen molar-refractivity contribution in [3.63, 3.8) is 0 Å². The Morgan fingerprint density at radius 3 is 2.83 bits per heavy atom. The van der Waals surface area contributed by atoms with Gasteiger partial charge in [0.05, 0.1) is 0 Å². The lowest BCUT2D eigenvalue weighted by molar-refractivity contribution is 0.140. The first-order valence-electron chi connectivity index (χ1n) is 7.21. The van der Waals surface area contributed by atoms with E-state index < -0.39 is 0 Å². The highest BCUT2D eigenvalue weighted by Crippen LogP contribution is 2.32. The molecule has 5 heteroatoms. The zero-order valence-electron chi connectivity index (χ0n) is 11.0. The van der Waals surface area contributed by atoms with Crippen LogP contribution in [0.25, 0.3) is 0 Å². The molecule has 1 unspecified atom stereocenters. The molecule has 104 valence electrons. The van der Waals surface area contributed by atoms with Crippen molar-refractivity contribution in [1.29, 1.82) is 0 Å². The molecule has 2 heterocycles. The number of piperidine rings is 1. The SMILES string of the molecule is C1CN=C(NCC2CCCCN2C2CC2)NC1.I. The van der Waals surface area contributed by atoms with Gasteiger partial charge in [0.2, 0.25) is 0 Å². The molecule has 0 radical (unpaired) electrons. The van der Waals surface area contributed by atoms with Crippen LogP contribution in [-0.4, -0.2) is 49.1 Å². The summed E-state index contributed by atoms with van der Waals surface area (Å²) in [7, 11) is 0. The summed E-state index contributed by atoms with van der Waals surface area (Å²) in [6, 6.07) is 1.64. The highest BCUT2D eigenvalue weighted by Gasteiger charge is 2.35. The first-order chi connectivity index (χ1) is 8.43. The number of guanidine groups is 1. The molecule has 0 bridgehead atoms. The summed E-state index contributed by atoms with van der Waals surface area (Å²) in [5.74, 6) is 1.03. The Labute approximate surface area is 127 Å². The summed E-state index contributed by atoms with van der Waals surface area (Å²) in [5.41, 5.74) is 0. The number of hydrogen-bond acceptors (Lipinski definition) is 4. The molecule has 1 atom stereocenters. The van der Waals surface area contributed by atoms with Gasteiger partial charge in [-0.25, -0.2) is 0 Å². The molecule has 0 amide bonds. The minimum absolute atomic E-state index is 0. The van der Waals surface area contributed by atoms with Crippen LogP contribution in [0.1, 0.15) is 38.5 Å². The van der Waals surface area contributed by atoms with E-state index in [0.29, 0.717) is 0 Å². The van der Waals surface area contributed by atoms with E-state index in [4.69, 9.17) is 0 Å². The topological polar surface area (TPSA) is 39.7 Å². The molecule has 3 aliphatic rings. The van der Waals surface area contributed by atoms with E-state index >= 15 is 0 Å². The van der Waals surface area contributed by atoms with Gasteiger partial charge in [0.15, 0.2) is 5.96 Å². The number of nitrogens with one attached hydrogen (secondary N) is 2. The molecule has 1 saturated heterocycles. The van der Waals surface area contributed by atoms with Crippen molar-refractivity contribution >= 4 is 29.9 Å². The fourth-order valence-electron chi connectivity index (χ4n) is 2.99. The molecule has 1 aliphatic carbocycles. The average Bonchev–Trinajstić information content (AvgIpc) is 3.22. The van der Waals surface area contributed by atoms with Crippen LogP contribution in [0.3, 0.4) is 0 Å². The number of likely N-dealkylation sites (tertiary alicyclic amines) is 1. The first kappa shape index (κ1) is 14.4. The second-order valence-electron chi connectivity index (χ2n) is 5.51. The smallest absolute Gasteiger partial charge is 0.191 e. The highest BCUT2D eigenvalue weighted by atomic mass is 127. The molecule has 2 fully saturated rings. The van der Waals surface area contributed by atoms with Gasteiger partial charge < -0.3 is 10.6 Å². The molecule has 0 aromatic rings. The molecule has 18 heavy (non-hydrogen) atoms. The lowest BCUT2D eigenvalue weighted by Gasteiger charge is -2.36. The summed E-state index contributed by atoms with van der Waals surface area (Å²) in [6.45, 7) is 4.44. The van der Waals surface area contributed by atoms with E-state index in [1.54, 1.807) is 0 Å². The van der Waals surface area contributed by atoms with Crippen LogP contribution < -0.4 is 10.6 Å². The number of nitrogens with zero attached hydrogens (tertiary/aromatic N) is 2. The van der Waals surface area contributed by atoms with Crippen LogP contribution in [0.15, 0.2) is 4.99 Å². The van der Waals surface area contributed by atoms with Gasteiger partial charge in [-0.15, -0.1) is 24.0 Å². The van der Waals surface area contributed by atoms with Gasteiger partial charge in [0.25, 0.3) is 0 Å². The van der Waals surface area contributed by atoms with E-state index in [2.05, 4.69) is 20.5 Å². The third-order valence-corrected chi connectivity index (χ3v) is 4.09. The van der Waals surface area contributed by atoms with Gasteiger partial charge in [-0.05, 0) is 38.6 Å². The van der Waals surface area contributed by atoms with Gasteiger partial charge in [0, 0.05) is 31.7 Å².